The number of hydrogen-bond donors (Lipinski definition) is 1. The predicted octanol–water partition coefficient (Wildman–Crippen LogP) is 6.41. The van der Waals surface area contributed by atoms with Gasteiger partial charge in [-0.25, -0.2) is 0 Å². The van der Waals surface area contributed by atoms with Gasteiger partial charge in [-0.2, -0.15) is 13.2 Å². The second-order valence-corrected chi connectivity index (χ2v) is 18.5. The highest BCUT2D eigenvalue weighted by molar-refractivity contribution is 6.77. The van der Waals surface area contributed by atoms with E-state index in [1.54, 1.807) is 30.5 Å². The molecule has 4 heterocycles. The monoisotopic (exact) mass is 638 g/mol. The molecule has 8 nitrogen and oxygen atoms in total. The molecular formula is C33H37F3N4O4Si. The first kappa shape index (κ1) is 31.1. The number of aromatic nitrogens is 1. The zero-order valence-corrected chi connectivity index (χ0v) is 27.3. The van der Waals surface area contributed by atoms with Gasteiger partial charge in [0.2, 0.25) is 14.5 Å². The number of carbonyl (C=O) groups is 3. The molecule has 6 rings (SSSR count). The van der Waals surface area contributed by atoms with Crippen molar-refractivity contribution >= 4 is 42.6 Å². The van der Waals surface area contributed by atoms with Gasteiger partial charge in [0, 0.05) is 24.1 Å². The van der Waals surface area contributed by atoms with Gasteiger partial charge in [0.05, 0.1) is 11.1 Å². The number of anilines is 1. The Kier molecular flexibility index (Phi) is 7.13. The summed E-state index contributed by atoms with van der Waals surface area (Å²) >= 11 is 0. The molecule has 0 bridgehead atoms. The van der Waals surface area contributed by atoms with Crippen molar-refractivity contribution in [2.75, 3.05) is 11.9 Å². The first-order valence-corrected chi connectivity index (χ1v) is 17.3. The van der Waals surface area contributed by atoms with Crippen LogP contribution in [0.25, 0.3) is 10.9 Å². The van der Waals surface area contributed by atoms with Crippen LogP contribution in [0.1, 0.15) is 52.7 Å². The third-order valence-electron chi connectivity index (χ3n) is 9.99. The Bertz CT molecular complexity index is 1730. The second kappa shape index (κ2) is 10.3. The number of benzene rings is 2. The van der Waals surface area contributed by atoms with Gasteiger partial charge in [0.1, 0.15) is 11.9 Å². The van der Waals surface area contributed by atoms with Gasteiger partial charge < -0.3 is 14.3 Å². The SMILES string of the molecule is CC(C)[Si](OC1C(=O)N2C(=CC3(c4c[nH]c5ccccc45)c4ccccc4N(C(=O)C(F)(F)F)C23)C(=O)N1C)(C(C)C)C(C)C. The minimum absolute atomic E-state index is 0.0253. The van der Waals surface area contributed by atoms with Crippen molar-refractivity contribution in [3.63, 3.8) is 0 Å². The van der Waals surface area contributed by atoms with E-state index in [4.69, 9.17) is 4.43 Å². The highest BCUT2D eigenvalue weighted by Gasteiger charge is 2.67. The lowest BCUT2D eigenvalue weighted by atomic mass is 9.74. The average Bonchev–Trinajstić information content (AvgIpc) is 3.63. The molecule has 3 unspecified atom stereocenters. The average molecular weight is 639 g/mol. The molecule has 1 saturated heterocycles. The summed E-state index contributed by atoms with van der Waals surface area (Å²) in [6.45, 7) is 12.3. The largest absolute Gasteiger partial charge is 0.471 e. The van der Waals surface area contributed by atoms with E-state index < -0.39 is 50.0 Å². The van der Waals surface area contributed by atoms with Crippen LogP contribution >= 0.6 is 0 Å². The molecule has 1 fully saturated rings. The molecule has 12 heteroatoms. The molecular weight excluding hydrogens is 601 g/mol. The summed E-state index contributed by atoms with van der Waals surface area (Å²) in [5, 5.41) is 0.696. The van der Waals surface area contributed by atoms with Crippen LogP contribution in [0.2, 0.25) is 16.6 Å². The van der Waals surface area contributed by atoms with Gasteiger partial charge >= 0.3 is 12.1 Å². The van der Waals surface area contributed by atoms with Crippen LogP contribution < -0.4 is 4.90 Å². The molecule has 3 aliphatic rings. The highest BCUT2D eigenvalue weighted by Crippen LogP contribution is 2.59. The summed E-state index contributed by atoms with van der Waals surface area (Å²) in [4.78, 5) is 48.5. The lowest BCUT2D eigenvalue weighted by Gasteiger charge is -2.49. The number of fused-ring (bicyclic) bond motifs is 6. The molecule has 0 spiro atoms. The normalized spacial score (nSPS) is 23.4. The fourth-order valence-electron chi connectivity index (χ4n) is 8.24. The fourth-order valence-corrected chi connectivity index (χ4v) is 13.7. The Morgan fingerprint density at radius 3 is 2.16 bits per heavy atom. The number of amides is 3. The standard InChI is InChI=1S/C33H37F3N4O4Si/c1-18(2)45(19(3)4,20(5)6)44-29-28(42)39-26(27(41)38(29)7)16-32(23-17-37-24-14-10-8-12-21(23)24)22-13-9-11-15-25(22)40(30(32)39)31(43)33(34,35)36/h8-20,29-30,37H,1-7H3. The zero-order valence-electron chi connectivity index (χ0n) is 26.3. The van der Waals surface area contributed by atoms with E-state index in [0.717, 1.165) is 10.4 Å². The van der Waals surface area contributed by atoms with Crippen molar-refractivity contribution in [2.45, 2.75) is 82.2 Å². The Hall–Kier alpha value is -3.90. The third kappa shape index (κ3) is 4.10. The van der Waals surface area contributed by atoms with E-state index >= 15 is 0 Å². The van der Waals surface area contributed by atoms with Crippen LogP contribution in [0.15, 0.2) is 66.5 Å². The molecule has 238 valence electrons. The van der Waals surface area contributed by atoms with Crippen molar-refractivity contribution in [3.8, 4) is 0 Å². The number of hydrogen-bond acceptors (Lipinski definition) is 4. The van der Waals surface area contributed by atoms with Crippen LogP contribution in [0.3, 0.4) is 0 Å². The van der Waals surface area contributed by atoms with Gasteiger partial charge in [-0.15, -0.1) is 0 Å². The summed E-state index contributed by atoms with van der Waals surface area (Å²) in [5.74, 6) is -3.37. The highest BCUT2D eigenvalue weighted by atomic mass is 28.4. The number of para-hydroxylation sites is 2. The molecule has 0 saturated carbocycles. The summed E-state index contributed by atoms with van der Waals surface area (Å²) in [6.07, 6.45) is -4.91. The minimum Gasteiger partial charge on any atom is -0.389 e. The molecule has 3 amide bonds. The maximum Gasteiger partial charge on any atom is 0.471 e. The smallest absolute Gasteiger partial charge is 0.389 e. The molecule has 45 heavy (non-hydrogen) atoms. The quantitative estimate of drug-likeness (QED) is 0.317. The number of carbonyl (C=O) groups excluding carboxylic acids is 3. The number of likely N-dealkylation sites (N-methyl/N-ethyl adjacent to an activating group) is 1. The van der Waals surface area contributed by atoms with Crippen molar-refractivity contribution in [3.05, 3.63) is 77.6 Å². The first-order valence-electron chi connectivity index (χ1n) is 15.2. The van der Waals surface area contributed by atoms with Gasteiger partial charge in [-0.05, 0) is 46.0 Å². The zero-order chi connectivity index (χ0) is 32.8. The molecule has 3 atom stereocenters. The van der Waals surface area contributed by atoms with Crippen molar-refractivity contribution in [1.29, 1.82) is 0 Å². The van der Waals surface area contributed by atoms with Crippen molar-refractivity contribution in [2.24, 2.45) is 0 Å². The molecule has 0 radical (unpaired) electrons. The van der Waals surface area contributed by atoms with Crippen LogP contribution in [-0.2, 0) is 24.2 Å². The number of piperazine rings is 1. The van der Waals surface area contributed by atoms with Crippen LogP contribution in [0.4, 0.5) is 18.9 Å². The van der Waals surface area contributed by atoms with E-state index in [0.29, 0.717) is 21.4 Å². The maximum atomic E-state index is 14.8. The van der Waals surface area contributed by atoms with Gasteiger partial charge in [0.25, 0.3) is 11.8 Å². The number of nitrogens with one attached hydrogen (secondary N) is 1. The topological polar surface area (TPSA) is 86.0 Å². The molecule has 1 aromatic heterocycles. The Morgan fingerprint density at radius 2 is 1.53 bits per heavy atom. The van der Waals surface area contributed by atoms with Crippen LogP contribution in [-0.4, -0.2) is 66.4 Å². The van der Waals surface area contributed by atoms with Crippen LogP contribution in [0, 0.1) is 0 Å². The number of nitrogens with zero attached hydrogens (tertiary/aromatic N) is 3. The van der Waals surface area contributed by atoms with Gasteiger partial charge in [-0.1, -0.05) is 77.9 Å². The molecule has 1 N–H and O–H groups in total. The first-order chi connectivity index (χ1) is 21.1. The van der Waals surface area contributed by atoms with Gasteiger partial charge in [-0.3, -0.25) is 24.2 Å². The number of H-pyrrole nitrogens is 1. The Balaban J connectivity index is 1.61. The summed E-state index contributed by atoms with van der Waals surface area (Å²) in [5.41, 5.74) is 0.294. The number of aromatic amines is 1. The van der Waals surface area contributed by atoms with E-state index in [1.165, 1.54) is 18.0 Å². The molecule has 2 aromatic carbocycles. The molecule has 0 aliphatic carbocycles. The Morgan fingerprint density at radius 1 is 0.933 bits per heavy atom. The predicted molar refractivity (Wildman–Crippen MR) is 166 cm³/mol. The summed E-state index contributed by atoms with van der Waals surface area (Å²) in [6, 6.07) is 13.6. The number of halogens is 3. The lowest BCUT2D eigenvalue weighted by molar-refractivity contribution is -0.173. The minimum atomic E-state index is -5.25. The summed E-state index contributed by atoms with van der Waals surface area (Å²) in [7, 11) is -1.28. The fraction of sp³-hybridized carbons (Fsp3) is 0.424. The maximum absolute atomic E-state index is 14.8. The van der Waals surface area contributed by atoms with E-state index in [9.17, 15) is 27.6 Å². The van der Waals surface area contributed by atoms with E-state index in [-0.39, 0.29) is 28.0 Å². The molecule has 3 aliphatic heterocycles. The number of alkyl halides is 3. The third-order valence-corrected chi connectivity index (χ3v) is 16.0. The van der Waals surface area contributed by atoms with E-state index in [1.807, 2.05) is 65.8 Å². The van der Waals surface area contributed by atoms with E-state index in [2.05, 4.69) is 4.98 Å². The number of rotatable bonds is 6. The molecule has 3 aromatic rings. The van der Waals surface area contributed by atoms with Crippen molar-refractivity contribution < 1.29 is 32.0 Å². The van der Waals surface area contributed by atoms with Crippen LogP contribution in [0.5, 0.6) is 0 Å². The Labute approximate surface area is 260 Å². The lowest BCUT2D eigenvalue weighted by Crippen LogP contribution is -2.67. The van der Waals surface area contributed by atoms with Crippen molar-refractivity contribution in [1.82, 2.24) is 14.8 Å². The van der Waals surface area contributed by atoms with Gasteiger partial charge in [0.15, 0.2) is 0 Å². The summed E-state index contributed by atoms with van der Waals surface area (Å²) < 4.78 is 50.0. The second-order valence-electron chi connectivity index (χ2n) is 13.1.